The number of esters is 1. The van der Waals surface area contributed by atoms with Crippen LogP contribution >= 0.6 is 0 Å². The van der Waals surface area contributed by atoms with Crippen LogP contribution in [0.2, 0.25) is 0 Å². The fourth-order valence-corrected chi connectivity index (χ4v) is 3.45. The minimum atomic E-state index is -4.13. The lowest BCUT2D eigenvalue weighted by Gasteiger charge is -2.13. The second-order valence-electron chi connectivity index (χ2n) is 6.27. The standard InChI is InChI=1S/C19H17FN2O5S/c1-10-17(13-5-3-4-6-16(13)22-10)18(23)11(2)27-19(24)14-9-12(28(21,25)26)7-8-15(14)20/h3-9,11,22H,1-2H3,(H2,21,25,26)/t11-/m1/s1. The van der Waals surface area contributed by atoms with Crippen molar-refractivity contribution in [1.82, 2.24) is 4.98 Å². The van der Waals surface area contributed by atoms with E-state index >= 15 is 0 Å². The summed E-state index contributed by atoms with van der Waals surface area (Å²) < 4.78 is 41.9. The number of Topliss-reactive ketones (excluding diaryl/α,β-unsaturated/α-hetero) is 1. The average molecular weight is 404 g/mol. The smallest absolute Gasteiger partial charge is 0.341 e. The Morgan fingerprint density at radius 1 is 1.18 bits per heavy atom. The molecule has 0 aliphatic heterocycles. The molecule has 1 aromatic heterocycles. The predicted molar refractivity (Wildman–Crippen MR) is 100 cm³/mol. The number of carbonyl (C=O) groups is 2. The maximum absolute atomic E-state index is 14.0. The number of benzene rings is 2. The van der Waals surface area contributed by atoms with Gasteiger partial charge in [0.05, 0.1) is 10.5 Å². The lowest BCUT2D eigenvalue weighted by molar-refractivity contribution is 0.0314. The van der Waals surface area contributed by atoms with Crippen LogP contribution in [0.15, 0.2) is 47.4 Å². The van der Waals surface area contributed by atoms with E-state index in [1.807, 2.05) is 12.1 Å². The van der Waals surface area contributed by atoms with Gasteiger partial charge in [-0.2, -0.15) is 0 Å². The minimum absolute atomic E-state index is 0.370. The van der Waals surface area contributed by atoms with Gasteiger partial charge in [-0.25, -0.2) is 22.7 Å². The lowest BCUT2D eigenvalue weighted by atomic mass is 10.0. The fraction of sp³-hybridized carbons (Fsp3) is 0.158. The summed E-state index contributed by atoms with van der Waals surface area (Å²) in [7, 11) is -4.13. The molecule has 7 nitrogen and oxygen atoms in total. The van der Waals surface area contributed by atoms with Crippen LogP contribution in [-0.2, 0) is 14.8 Å². The van der Waals surface area contributed by atoms with Gasteiger partial charge in [0.2, 0.25) is 15.8 Å². The summed E-state index contributed by atoms with van der Waals surface area (Å²) in [5, 5.41) is 5.68. The number of fused-ring (bicyclic) bond motifs is 1. The van der Waals surface area contributed by atoms with Gasteiger partial charge in [-0.1, -0.05) is 18.2 Å². The zero-order valence-electron chi connectivity index (χ0n) is 15.0. The summed E-state index contributed by atoms with van der Waals surface area (Å²) in [5.74, 6) is -2.62. The highest BCUT2D eigenvalue weighted by molar-refractivity contribution is 7.89. The summed E-state index contributed by atoms with van der Waals surface area (Å²) in [6.45, 7) is 3.08. The van der Waals surface area contributed by atoms with E-state index in [0.29, 0.717) is 16.6 Å². The van der Waals surface area contributed by atoms with Crippen LogP contribution in [-0.4, -0.2) is 31.3 Å². The van der Waals surface area contributed by atoms with E-state index in [4.69, 9.17) is 9.88 Å². The Morgan fingerprint density at radius 2 is 1.86 bits per heavy atom. The van der Waals surface area contributed by atoms with Crippen molar-refractivity contribution >= 4 is 32.7 Å². The van der Waals surface area contributed by atoms with Crippen LogP contribution in [0.4, 0.5) is 4.39 Å². The van der Waals surface area contributed by atoms with E-state index in [1.54, 1.807) is 19.1 Å². The van der Waals surface area contributed by atoms with Crippen molar-refractivity contribution in [3.8, 4) is 0 Å². The average Bonchev–Trinajstić information content (AvgIpc) is 2.95. The largest absolute Gasteiger partial charge is 0.451 e. The number of halogens is 1. The van der Waals surface area contributed by atoms with E-state index in [1.165, 1.54) is 6.92 Å². The molecule has 0 amide bonds. The normalized spacial score (nSPS) is 12.7. The molecule has 0 saturated carbocycles. The molecular weight excluding hydrogens is 387 g/mol. The van der Waals surface area contributed by atoms with Crippen molar-refractivity contribution in [3.63, 3.8) is 0 Å². The Bertz CT molecular complexity index is 1200. The van der Waals surface area contributed by atoms with Crippen molar-refractivity contribution in [2.75, 3.05) is 0 Å². The zero-order valence-corrected chi connectivity index (χ0v) is 15.8. The number of carbonyl (C=O) groups excluding carboxylic acids is 2. The first-order chi connectivity index (χ1) is 13.1. The molecule has 0 bridgehead atoms. The van der Waals surface area contributed by atoms with Gasteiger partial charge in [-0.15, -0.1) is 0 Å². The van der Waals surface area contributed by atoms with Crippen LogP contribution in [0, 0.1) is 12.7 Å². The Hall–Kier alpha value is -3.04. The van der Waals surface area contributed by atoms with Crippen molar-refractivity contribution in [1.29, 1.82) is 0 Å². The zero-order chi connectivity index (χ0) is 20.6. The second-order valence-corrected chi connectivity index (χ2v) is 7.83. The predicted octanol–water partition coefficient (Wildman–Crippen LogP) is 2.69. The third kappa shape index (κ3) is 3.67. The first-order valence-electron chi connectivity index (χ1n) is 8.24. The Labute approximate surface area is 160 Å². The summed E-state index contributed by atoms with van der Waals surface area (Å²) in [6.07, 6.45) is -1.22. The van der Waals surface area contributed by atoms with Gasteiger partial charge in [-0.05, 0) is 38.1 Å². The monoisotopic (exact) mass is 404 g/mol. The third-order valence-electron chi connectivity index (χ3n) is 4.28. The van der Waals surface area contributed by atoms with Gasteiger partial charge in [-0.3, -0.25) is 4.79 Å². The number of sulfonamides is 1. The molecule has 3 aromatic rings. The number of nitrogens with two attached hydrogens (primary N) is 1. The second kappa shape index (κ2) is 7.17. The minimum Gasteiger partial charge on any atom is -0.451 e. The summed E-state index contributed by atoms with van der Waals surface area (Å²) in [4.78, 5) is 27.8. The molecule has 0 radical (unpaired) electrons. The number of aromatic nitrogens is 1. The van der Waals surface area contributed by atoms with Crippen LogP contribution < -0.4 is 5.14 Å². The number of hydrogen-bond donors (Lipinski definition) is 2. The lowest BCUT2D eigenvalue weighted by Crippen LogP contribution is -2.25. The number of aryl methyl sites for hydroxylation is 1. The third-order valence-corrected chi connectivity index (χ3v) is 5.19. The van der Waals surface area contributed by atoms with E-state index in [9.17, 15) is 22.4 Å². The number of H-pyrrole nitrogens is 1. The fourth-order valence-electron chi connectivity index (χ4n) is 2.91. The Morgan fingerprint density at radius 3 is 2.54 bits per heavy atom. The van der Waals surface area contributed by atoms with Crippen LogP contribution in [0.1, 0.15) is 33.3 Å². The van der Waals surface area contributed by atoms with E-state index in [0.717, 1.165) is 23.7 Å². The van der Waals surface area contributed by atoms with Gasteiger partial charge in [0.1, 0.15) is 5.82 Å². The molecule has 1 atom stereocenters. The topological polar surface area (TPSA) is 119 Å². The molecule has 146 valence electrons. The number of nitrogens with one attached hydrogen (secondary N) is 1. The SMILES string of the molecule is Cc1[nH]c2ccccc2c1C(=O)[C@@H](C)OC(=O)c1cc(S(N)(=O)=O)ccc1F. The summed E-state index contributed by atoms with van der Waals surface area (Å²) in [6, 6.07) is 9.67. The van der Waals surface area contributed by atoms with E-state index < -0.39 is 44.2 Å². The molecule has 0 spiro atoms. The highest BCUT2D eigenvalue weighted by Crippen LogP contribution is 2.24. The van der Waals surface area contributed by atoms with Gasteiger partial charge in [0, 0.05) is 22.2 Å². The Kier molecular flexibility index (Phi) is 5.05. The molecule has 3 rings (SSSR count). The van der Waals surface area contributed by atoms with Crippen LogP contribution in [0.25, 0.3) is 10.9 Å². The van der Waals surface area contributed by atoms with Crippen LogP contribution in [0.3, 0.4) is 0 Å². The van der Waals surface area contributed by atoms with Crippen molar-refractivity contribution in [2.45, 2.75) is 24.8 Å². The van der Waals surface area contributed by atoms with Gasteiger partial charge < -0.3 is 9.72 Å². The number of rotatable bonds is 5. The molecule has 0 aliphatic rings. The molecule has 3 N–H and O–H groups in total. The molecule has 9 heteroatoms. The molecule has 28 heavy (non-hydrogen) atoms. The van der Waals surface area contributed by atoms with E-state index in [2.05, 4.69) is 4.98 Å². The van der Waals surface area contributed by atoms with Crippen LogP contribution in [0.5, 0.6) is 0 Å². The maximum atomic E-state index is 14.0. The number of hydrogen-bond acceptors (Lipinski definition) is 5. The highest BCUT2D eigenvalue weighted by Gasteiger charge is 2.26. The van der Waals surface area contributed by atoms with Crippen molar-refractivity contribution < 1.29 is 27.1 Å². The summed E-state index contributed by atoms with van der Waals surface area (Å²) >= 11 is 0. The highest BCUT2D eigenvalue weighted by atomic mass is 32.2. The number of ether oxygens (including phenoxy) is 1. The number of para-hydroxylation sites is 1. The maximum Gasteiger partial charge on any atom is 0.341 e. The molecule has 0 aliphatic carbocycles. The van der Waals surface area contributed by atoms with Gasteiger partial charge in [0.25, 0.3) is 0 Å². The van der Waals surface area contributed by atoms with Gasteiger partial charge >= 0.3 is 5.97 Å². The first-order valence-corrected chi connectivity index (χ1v) is 9.79. The van der Waals surface area contributed by atoms with E-state index in [-0.39, 0.29) is 0 Å². The number of ketones is 1. The molecule has 0 saturated heterocycles. The molecule has 2 aromatic carbocycles. The number of primary sulfonamides is 1. The van der Waals surface area contributed by atoms with Crippen molar-refractivity contribution in [3.05, 3.63) is 65.1 Å². The summed E-state index contributed by atoms with van der Waals surface area (Å²) in [5.41, 5.74) is 1.11. The molecule has 0 fully saturated rings. The quantitative estimate of drug-likeness (QED) is 0.500. The Balaban J connectivity index is 1.88. The molecule has 1 heterocycles. The van der Waals surface area contributed by atoms with Crippen molar-refractivity contribution in [2.24, 2.45) is 5.14 Å². The van der Waals surface area contributed by atoms with Gasteiger partial charge in [0.15, 0.2) is 6.10 Å². The first kappa shape index (κ1) is 19.7. The molecule has 0 unspecified atom stereocenters. The number of aromatic amines is 1. The molecular formula is C19H17FN2O5S.